The number of halogens is 1. The number of hydrogen-bond donors (Lipinski definition) is 1. The van der Waals surface area contributed by atoms with Crippen LogP contribution in [-0.2, 0) is 4.79 Å². The molecule has 0 saturated carbocycles. The van der Waals surface area contributed by atoms with Crippen LogP contribution in [0.15, 0.2) is 40.9 Å². The van der Waals surface area contributed by atoms with Gasteiger partial charge in [0.1, 0.15) is 0 Å². The van der Waals surface area contributed by atoms with Gasteiger partial charge in [0.2, 0.25) is 6.41 Å². The van der Waals surface area contributed by atoms with E-state index < -0.39 is 0 Å². The van der Waals surface area contributed by atoms with E-state index in [-0.39, 0.29) is 5.78 Å². The maximum atomic E-state index is 12.7. The van der Waals surface area contributed by atoms with Crippen molar-refractivity contribution in [2.24, 2.45) is 0 Å². The lowest BCUT2D eigenvalue weighted by Gasteiger charge is -2.13. The molecule has 0 aliphatic heterocycles. The van der Waals surface area contributed by atoms with E-state index in [1.165, 1.54) is 14.2 Å². The lowest BCUT2D eigenvalue weighted by Crippen LogP contribution is -2.08. The Morgan fingerprint density at radius 1 is 1.09 bits per heavy atom. The van der Waals surface area contributed by atoms with Gasteiger partial charge in [0.15, 0.2) is 17.3 Å². The van der Waals surface area contributed by atoms with Gasteiger partial charge in [-0.15, -0.1) is 0 Å². The lowest BCUT2D eigenvalue weighted by molar-refractivity contribution is -0.105. The summed E-state index contributed by atoms with van der Waals surface area (Å²) in [6.45, 7) is 0. The predicted molar refractivity (Wildman–Crippen MR) is 86.8 cm³/mol. The van der Waals surface area contributed by atoms with E-state index >= 15 is 0 Å². The molecule has 5 nitrogen and oxygen atoms in total. The van der Waals surface area contributed by atoms with Crippen molar-refractivity contribution in [2.45, 2.75) is 0 Å². The number of ketones is 1. The Labute approximate surface area is 136 Å². The molecule has 22 heavy (non-hydrogen) atoms. The molecule has 0 saturated heterocycles. The first-order valence-electron chi connectivity index (χ1n) is 6.37. The molecule has 0 heterocycles. The summed E-state index contributed by atoms with van der Waals surface area (Å²) in [5.41, 5.74) is 1.19. The summed E-state index contributed by atoms with van der Waals surface area (Å²) in [6, 6.07) is 10.1. The van der Waals surface area contributed by atoms with E-state index in [0.717, 1.165) is 4.47 Å². The highest BCUT2D eigenvalue weighted by Crippen LogP contribution is 2.34. The van der Waals surface area contributed by atoms with E-state index in [1.807, 2.05) is 0 Å². The SMILES string of the molecule is COc1cc(NC=O)c(C(=O)c2ccc(Br)cc2)cc1OC. The van der Waals surface area contributed by atoms with Gasteiger partial charge in [-0.1, -0.05) is 15.9 Å². The second-order valence-corrected chi connectivity index (χ2v) is 5.27. The quantitative estimate of drug-likeness (QED) is 0.631. The number of carbonyl (C=O) groups excluding carboxylic acids is 2. The Morgan fingerprint density at radius 2 is 1.68 bits per heavy atom. The number of methoxy groups -OCH3 is 2. The maximum Gasteiger partial charge on any atom is 0.211 e. The third-order valence-corrected chi connectivity index (χ3v) is 3.62. The Balaban J connectivity index is 2.53. The third-order valence-electron chi connectivity index (χ3n) is 3.09. The van der Waals surface area contributed by atoms with Crippen LogP contribution in [0.3, 0.4) is 0 Å². The zero-order valence-corrected chi connectivity index (χ0v) is 13.6. The van der Waals surface area contributed by atoms with Gasteiger partial charge in [0.05, 0.1) is 25.5 Å². The second-order valence-electron chi connectivity index (χ2n) is 4.35. The largest absolute Gasteiger partial charge is 0.493 e. The molecule has 1 N–H and O–H groups in total. The minimum absolute atomic E-state index is 0.224. The molecule has 2 aromatic rings. The molecule has 0 radical (unpaired) electrons. The van der Waals surface area contributed by atoms with Gasteiger partial charge in [-0.25, -0.2) is 0 Å². The third kappa shape index (κ3) is 3.28. The average Bonchev–Trinajstić information content (AvgIpc) is 2.54. The van der Waals surface area contributed by atoms with Crippen LogP contribution in [-0.4, -0.2) is 26.4 Å². The fourth-order valence-electron chi connectivity index (χ4n) is 2.01. The zero-order chi connectivity index (χ0) is 16.1. The summed E-state index contributed by atoms with van der Waals surface area (Å²) in [5.74, 6) is 0.622. The van der Waals surface area contributed by atoms with Crippen LogP contribution in [0.2, 0.25) is 0 Å². The van der Waals surface area contributed by atoms with Crippen LogP contribution in [0.1, 0.15) is 15.9 Å². The zero-order valence-electron chi connectivity index (χ0n) is 12.1. The van der Waals surface area contributed by atoms with Gasteiger partial charge >= 0.3 is 0 Å². The molecule has 2 aromatic carbocycles. The monoisotopic (exact) mass is 363 g/mol. The van der Waals surface area contributed by atoms with Crippen molar-refractivity contribution < 1.29 is 19.1 Å². The molecule has 0 atom stereocenters. The van der Waals surface area contributed by atoms with E-state index in [2.05, 4.69) is 21.2 Å². The first-order chi connectivity index (χ1) is 10.6. The highest BCUT2D eigenvalue weighted by Gasteiger charge is 2.18. The first kappa shape index (κ1) is 16.0. The minimum Gasteiger partial charge on any atom is -0.493 e. The minimum atomic E-state index is -0.224. The number of anilines is 1. The van der Waals surface area contributed by atoms with Crippen LogP contribution in [0.25, 0.3) is 0 Å². The smallest absolute Gasteiger partial charge is 0.211 e. The van der Waals surface area contributed by atoms with Gasteiger partial charge in [0, 0.05) is 16.1 Å². The van der Waals surface area contributed by atoms with Crippen LogP contribution in [0, 0.1) is 0 Å². The van der Waals surface area contributed by atoms with Crippen LogP contribution < -0.4 is 14.8 Å². The number of benzene rings is 2. The van der Waals surface area contributed by atoms with Crippen molar-refractivity contribution in [3.63, 3.8) is 0 Å². The summed E-state index contributed by atoms with van der Waals surface area (Å²) < 4.78 is 11.3. The van der Waals surface area contributed by atoms with E-state index in [4.69, 9.17) is 9.47 Å². The number of nitrogens with one attached hydrogen (secondary N) is 1. The molecule has 0 aromatic heterocycles. The second kappa shape index (κ2) is 7.09. The number of ether oxygens (including phenoxy) is 2. The number of carbonyl (C=O) groups is 2. The van der Waals surface area contributed by atoms with Crippen molar-refractivity contribution in [1.82, 2.24) is 0 Å². The summed E-state index contributed by atoms with van der Waals surface area (Å²) in [6.07, 6.45) is 0.514. The highest BCUT2D eigenvalue weighted by molar-refractivity contribution is 9.10. The molecular weight excluding hydrogens is 350 g/mol. The number of hydrogen-bond acceptors (Lipinski definition) is 4. The fraction of sp³-hybridized carbons (Fsp3) is 0.125. The van der Waals surface area contributed by atoms with Gasteiger partial charge in [-0.3, -0.25) is 9.59 Å². The average molecular weight is 364 g/mol. The van der Waals surface area contributed by atoms with Gasteiger partial charge in [-0.05, 0) is 30.3 Å². The summed E-state index contributed by atoms with van der Waals surface area (Å²) in [7, 11) is 2.97. The topological polar surface area (TPSA) is 64.6 Å². The Kier molecular flexibility index (Phi) is 5.16. The molecule has 0 aliphatic rings. The molecular formula is C16H14BrNO4. The van der Waals surface area contributed by atoms with Crippen molar-refractivity contribution >= 4 is 33.8 Å². The van der Waals surface area contributed by atoms with Crippen molar-refractivity contribution in [2.75, 3.05) is 19.5 Å². The molecule has 0 unspecified atom stereocenters. The predicted octanol–water partition coefficient (Wildman–Crippen LogP) is 3.27. The highest BCUT2D eigenvalue weighted by atomic mass is 79.9. The van der Waals surface area contributed by atoms with Crippen molar-refractivity contribution in [3.8, 4) is 11.5 Å². The van der Waals surface area contributed by atoms with Crippen LogP contribution in [0.4, 0.5) is 5.69 Å². The van der Waals surface area contributed by atoms with E-state index in [9.17, 15) is 9.59 Å². The van der Waals surface area contributed by atoms with Crippen molar-refractivity contribution in [1.29, 1.82) is 0 Å². The van der Waals surface area contributed by atoms with E-state index in [0.29, 0.717) is 34.7 Å². The Morgan fingerprint density at radius 3 is 2.23 bits per heavy atom. The molecule has 114 valence electrons. The summed E-state index contributed by atoms with van der Waals surface area (Å²) in [5, 5.41) is 2.52. The normalized spacial score (nSPS) is 9.95. The maximum absolute atomic E-state index is 12.7. The molecule has 6 heteroatoms. The Bertz CT molecular complexity index is 698. The first-order valence-corrected chi connectivity index (χ1v) is 7.16. The summed E-state index contributed by atoms with van der Waals surface area (Å²) >= 11 is 3.33. The van der Waals surface area contributed by atoms with Crippen LogP contribution in [0.5, 0.6) is 11.5 Å². The molecule has 1 amide bonds. The molecule has 0 aliphatic carbocycles. The molecule has 0 spiro atoms. The number of amides is 1. The van der Waals surface area contributed by atoms with E-state index in [1.54, 1.807) is 36.4 Å². The molecule has 2 rings (SSSR count). The Hall–Kier alpha value is -2.34. The fourth-order valence-corrected chi connectivity index (χ4v) is 2.27. The summed E-state index contributed by atoms with van der Waals surface area (Å²) in [4.78, 5) is 23.4. The van der Waals surface area contributed by atoms with Gasteiger partial charge in [-0.2, -0.15) is 0 Å². The van der Waals surface area contributed by atoms with Gasteiger partial charge < -0.3 is 14.8 Å². The molecule has 0 fully saturated rings. The standard InChI is InChI=1S/C16H14BrNO4/c1-21-14-7-12(13(18-9-19)8-15(14)22-2)16(20)10-3-5-11(17)6-4-10/h3-9H,1-2H3,(H,18,19). The van der Waals surface area contributed by atoms with Gasteiger partial charge in [0.25, 0.3) is 0 Å². The van der Waals surface area contributed by atoms with Crippen LogP contribution >= 0.6 is 15.9 Å². The van der Waals surface area contributed by atoms with Crippen molar-refractivity contribution in [3.05, 3.63) is 52.0 Å². The lowest BCUT2D eigenvalue weighted by atomic mass is 10.0. The molecule has 0 bridgehead atoms. The number of rotatable bonds is 6.